The number of hydrogen-bond donors (Lipinski definition) is 3. The van der Waals surface area contributed by atoms with Crippen LogP contribution in [0.3, 0.4) is 0 Å². The minimum absolute atomic E-state index is 0.160. The van der Waals surface area contributed by atoms with E-state index in [4.69, 9.17) is 4.42 Å². The molecule has 0 aliphatic carbocycles. The maximum Gasteiger partial charge on any atom is 0.180 e. The Kier molecular flexibility index (Phi) is 5.76. The number of phenols is 3. The third-order valence-electron chi connectivity index (χ3n) is 8.14. The summed E-state index contributed by atoms with van der Waals surface area (Å²) in [5.74, 6) is -0.763. The van der Waals surface area contributed by atoms with Crippen LogP contribution in [0.2, 0.25) is 0 Å². The van der Waals surface area contributed by atoms with Crippen molar-refractivity contribution in [2.24, 2.45) is 0 Å². The molecule has 39 heavy (non-hydrogen) atoms. The van der Waals surface area contributed by atoms with Gasteiger partial charge in [-0.2, -0.15) is 0 Å². The molecule has 7 heteroatoms. The van der Waals surface area contributed by atoms with Crippen LogP contribution < -0.4 is 16.4 Å². The highest BCUT2D eigenvalue weighted by Crippen LogP contribution is 2.44. The van der Waals surface area contributed by atoms with Gasteiger partial charge in [-0.3, -0.25) is 0 Å². The zero-order valence-electron chi connectivity index (χ0n) is 22.7. The van der Waals surface area contributed by atoms with Crippen LogP contribution in [0.25, 0.3) is 55.3 Å². The molecule has 0 saturated heterocycles. The van der Waals surface area contributed by atoms with E-state index < -0.39 is 0 Å². The smallest absolute Gasteiger partial charge is 0.180 e. The average molecular weight is 508 g/mol. The molecule has 5 aromatic carbocycles. The predicted octanol–water partition coefficient (Wildman–Crippen LogP) is 3.10. The molecule has 6 rings (SSSR count). The molecule has 0 aliphatic heterocycles. The first-order chi connectivity index (χ1) is 18.7. The van der Waals surface area contributed by atoms with Gasteiger partial charge in [0.2, 0.25) is 0 Å². The highest BCUT2D eigenvalue weighted by Gasteiger charge is 2.26. The van der Waals surface area contributed by atoms with E-state index >= 15 is 0 Å². The summed E-state index contributed by atoms with van der Waals surface area (Å²) < 4.78 is 6.20. The first-order valence-electron chi connectivity index (χ1n) is 13.1. The van der Waals surface area contributed by atoms with Crippen LogP contribution in [0.15, 0.2) is 77.2 Å². The number of furan rings is 1. The van der Waals surface area contributed by atoms with Crippen molar-refractivity contribution in [3.63, 3.8) is 0 Å². The Bertz CT molecular complexity index is 1940. The molecule has 0 aliphatic rings. The number of phenolic OH excluding ortho intramolecular Hbond substituents is 3. The standard InChI is InChI=1S/C32H27B3O4/c1-15-14-18(12-13-19(15)21-11-7-6-10-20(21)17-8-4-3-5-9-17)22-16(2)31-23(26(34)25(22)33)24-28(36)29(37)27(35)30(38)32(24)39-31/h3-14,36-38H,33-35H2,1-2H3. The molecule has 0 fully saturated rings. The summed E-state index contributed by atoms with van der Waals surface area (Å²) in [5, 5.41) is 33.0. The summed E-state index contributed by atoms with van der Waals surface area (Å²) in [6.07, 6.45) is 0. The molecule has 0 radical (unpaired) electrons. The van der Waals surface area contributed by atoms with Gasteiger partial charge in [0.1, 0.15) is 29.1 Å². The lowest BCUT2D eigenvalue weighted by molar-refractivity contribution is 0.405. The quantitative estimate of drug-likeness (QED) is 0.195. The van der Waals surface area contributed by atoms with E-state index in [0.717, 1.165) is 33.2 Å². The second-order valence-corrected chi connectivity index (χ2v) is 10.4. The van der Waals surface area contributed by atoms with Gasteiger partial charge < -0.3 is 19.7 Å². The molecular weight excluding hydrogens is 481 g/mol. The van der Waals surface area contributed by atoms with E-state index in [0.29, 0.717) is 16.4 Å². The summed E-state index contributed by atoms with van der Waals surface area (Å²) in [4.78, 5) is 0. The number of aryl methyl sites for hydroxylation is 2. The fourth-order valence-electron chi connectivity index (χ4n) is 5.94. The Morgan fingerprint density at radius 3 is 1.92 bits per heavy atom. The molecule has 0 spiro atoms. The number of hydrogen-bond acceptors (Lipinski definition) is 4. The van der Waals surface area contributed by atoms with Gasteiger partial charge in [-0.05, 0) is 58.4 Å². The average Bonchev–Trinajstić information content (AvgIpc) is 3.36. The highest BCUT2D eigenvalue weighted by molar-refractivity contribution is 6.56. The van der Waals surface area contributed by atoms with Crippen LogP contribution in [-0.2, 0) is 0 Å². The molecule has 1 heterocycles. The Morgan fingerprint density at radius 2 is 1.23 bits per heavy atom. The molecule has 0 saturated carbocycles. The first kappa shape index (κ1) is 24.8. The normalized spacial score (nSPS) is 11.4. The SMILES string of the molecule is Bc1c(O)c(O)c2c(oc3c(C)c(-c4ccc(-c5ccccc5-c5ccccc5)c(C)c4)c(B)c(B)c32)c1O. The van der Waals surface area contributed by atoms with Gasteiger partial charge in [0, 0.05) is 10.8 Å². The zero-order valence-corrected chi connectivity index (χ0v) is 22.7. The maximum atomic E-state index is 10.8. The molecule has 4 nitrogen and oxygen atoms in total. The van der Waals surface area contributed by atoms with E-state index in [1.54, 1.807) is 7.85 Å². The lowest BCUT2D eigenvalue weighted by atomic mass is 9.72. The summed E-state index contributed by atoms with van der Waals surface area (Å²) in [6, 6.07) is 25.5. The van der Waals surface area contributed by atoms with E-state index in [2.05, 4.69) is 81.5 Å². The minimum atomic E-state index is -0.330. The summed E-state index contributed by atoms with van der Waals surface area (Å²) in [7, 11) is 5.60. The van der Waals surface area contributed by atoms with Crippen LogP contribution in [-0.4, -0.2) is 38.9 Å². The Morgan fingerprint density at radius 1 is 0.564 bits per heavy atom. The summed E-state index contributed by atoms with van der Waals surface area (Å²) >= 11 is 0. The van der Waals surface area contributed by atoms with Crippen LogP contribution in [0.5, 0.6) is 17.2 Å². The van der Waals surface area contributed by atoms with E-state index in [1.807, 2.05) is 20.8 Å². The van der Waals surface area contributed by atoms with Gasteiger partial charge in [-0.15, -0.1) is 0 Å². The van der Waals surface area contributed by atoms with Crippen molar-refractivity contribution in [1.82, 2.24) is 0 Å². The van der Waals surface area contributed by atoms with Crippen LogP contribution in [0.4, 0.5) is 0 Å². The lowest BCUT2D eigenvalue weighted by Crippen LogP contribution is -2.29. The fraction of sp³-hybridized carbons (Fsp3) is 0.0625. The van der Waals surface area contributed by atoms with Crippen LogP contribution in [0.1, 0.15) is 11.1 Å². The molecule has 0 amide bonds. The highest BCUT2D eigenvalue weighted by atomic mass is 16.4. The van der Waals surface area contributed by atoms with Gasteiger partial charge in [-0.25, -0.2) is 0 Å². The van der Waals surface area contributed by atoms with Crippen molar-refractivity contribution in [3.8, 4) is 50.6 Å². The van der Waals surface area contributed by atoms with Crippen LogP contribution >= 0.6 is 0 Å². The van der Waals surface area contributed by atoms with Crippen molar-refractivity contribution >= 4 is 61.9 Å². The van der Waals surface area contributed by atoms with Gasteiger partial charge in [0.15, 0.2) is 22.8 Å². The second kappa shape index (κ2) is 9.06. The number of fused-ring (bicyclic) bond motifs is 3. The van der Waals surface area contributed by atoms with Gasteiger partial charge in [0.05, 0.1) is 5.39 Å². The molecule has 0 bridgehead atoms. The van der Waals surface area contributed by atoms with Crippen molar-refractivity contribution < 1.29 is 19.7 Å². The monoisotopic (exact) mass is 508 g/mol. The van der Waals surface area contributed by atoms with Gasteiger partial charge >= 0.3 is 0 Å². The lowest BCUT2D eigenvalue weighted by Gasteiger charge is -2.18. The Labute approximate surface area is 229 Å². The predicted molar refractivity (Wildman–Crippen MR) is 169 cm³/mol. The molecule has 0 atom stereocenters. The van der Waals surface area contributed by atoms with Crippen LogP contribution in [0, 0.1) is 13.8 Å². The number of rotatable bonds is 3. The molecule has 0 unspecified atom stereocenters. The third kappa shape index (κ3) is 3.64. The van der Waals surface area contributed by atoms with E-state index in [9.17, 15) is 15.3 Å². The van der Waals surface area contributed by atoms with Crippen molar-refractivity contribution in [2.75, 3.05) is 0 Å². The van der Waals surface area contributed by atoms with E-state index in [-0.39, 0.29) is 28.3 Å². The van der Waals surface area contributed by atoms with Crippen molar-refractivity contribution in [3.05, 3.63) is 83.9 Å². The van der Waals surface area contributed by atoms with Gasteiger partial charge in [-0.1, -0.05) is 83.7 Å². The second-order valence-electron chi connectivity index (χ2n) is 10.4. The maximum absolute atomic E-state index is 10.8. The molecule has 3 N–H and O–H groups in total. The molecule has 188 valence electrons. The number of benzene rings is 5. The molecular formula is C32H27B3O4. The van der Waals surface area contributed by atoms with Crippen molar-refractivity contribution in [1.29, 1.82) is 0 Å². The largest absolute Gasteiger partial charge is 0.505 e. The summed E-state index contributed by atoms with van der Waals surface area (Å²) in [5.41, 5.74) is 11.9. The Balaban J connectivity index is 1.56. The Hall–Kier alpha value is -4.51. The van der Waals surface area contributed by atoms with Gasteiger partial charge in [0.25, 0.3) is 0 Å². The first-order valence-corrected chi connectivity index (χ1v) is 13.1. The molecule has 6 aromatic rings. The molecule has 1 aromatic heterocycles. The fourth-order valence-corrected chi connectivity index (χ4v) is 5.94. The van der Waals surface area contributed by atoms with E-state index in [1.165, 1.54) is 22.3 Å². The van der Waals surface area contributed by atoms with Crippen molar-refractivity contribution in [2.45, 2.75) is 13.8 Å². The third-order valence-corrected chi connectivity index (χ3v) is 8.14. The number of aromatic hydroxyl groups is 3. The minimum Gasteiger partial charge on any atom is -0.505 e. The summed E-state index contributed by atoms with van der Waals surface area (Å²) in [6.45, 7) is 4.14. The zero-order chi connectivity index (χ0) is 27.6. The topological polar surface area (TPSA) is 73.8 Å².